The van der Waals surface area contributed by atoms with E-state index in [2.05, 4.69) is 41.0 Å². The van der Waals surface area contributed by atoms with Crippen LogP contribution in [0, 0.1) is 0 Å². The number of hydrogen-bond donors (Lipinski definition) is 0. The first-order valence-corrected chi connectivity index (χ1v) is 5.18. The van der Waals surface area contributed by atoms with Crippen molar-refractivity contribution < 1.29 is 0 Å². The third-order valence-electron chi connectivity index (χ3n) is 2.53. The summed E-state index contributed by atoms with van der Waals surface area (Å²) < 4.78 is 0. The van der Waals surface area contributed by atoms with Gasteiger partial charge in [-0.3, -0.25) is 9.97 Å². The first-order valence-electron chi connectivity index (χ1n) is 5.18. The SMILES string of the molecule is CCN(C)Cc1ccc2nccnc2c1. The maximum Gasteiger partial charge on any atom is 0.0890 e. The lowest BCUT2D eigenvalue weighted by atomic mass is 10.2. The molecule has 3 heteroatoms. The lowest BCUT2D eigenvalue weighted by molar-refractivity contribution is 0.346. The standard InChI is InChI=1S/C12H15N3/c1-3-15(2)9-10-4-5-11-12(8-10)14-7-6-13-11/h4-8H,3,9H2,1-2H3. The average Bonchev–Trinajstić information content (AvgIpc) is 2.29. The van der Waals surface area contributed by atoms with Gasteiger partial charge in [-0.25, -0.2) is 0 Å². The predicted molar refractivity (Wildman–Crippen MR) is 61.5 cm³/mol. The summed E-state index contributed by atoms with van der Waals surface area (Å²) in [6.45, 7) is 4.17. The molecule has 2 rings (SSSR count). The Morgan fingerprint density at radius 1 is 1.13 bits per heavy atom. The lowest BCUT2D eigenvalue weighted by Gasteiger charge is -2.13. The summed E-state index contributed by atoms with van der Waals surface area (Å²) >= 11 is 0. The second-order valence-corrected chi connectivity index (χ2v) is 3.71. The van der Waals surface area contributed by atoms with Crippen molar-refractivity contribution in [1.82, 2.24) is 14.9 Å². The molecule has 0 aliphatic rings. The summed E-state index contributed by atoms with van der Waals surface area (Å²) in [6.07, 6.45) is 3.45. The summed E-state index contributed by atoms with van der Waals surface area (Å²) in [6, 6.07) is 6.25. The summed E-state index contributed by atoms with van der Waals surface area (Å²) in [4.78, 5) is 10.8. The van der Waals surface area contributed by atoms with Gasteiger partial charge in [-0.1, -0.05) is 13.0 Å². The highest BCUT2D eigenvalue weighted by Gasteiger charge is 2.00. The van der Waals surface area contributed by atoms with Gasteiger partial charge in [0.15, 0.2) is 0 Å². The fourth-order valence-electron chi connectivity index (χ4n) is 1.53. The fraction of sp³-hybridized carbons (Fsp3) is 0.333. The van der Waals surface area contributed by atoms with E-state index in [1.807, 2.05) is 6.07 Å². The minimum Gasteiger partial charge on any atom is -0.302 e. The van der Waals surface area contributed by atoms with E-state index in [1.54, 1.807) is 12.4 Å². The van der Waals surface area contributed by atoms with Gasteiger partial charge in [0.2, 0.25) is 0 Å². The highest BCUT2D eigenvalue weighted by atomic mass is 15.1. The zero-order valence-electron chi connectivity index (χ0n) is 9.14. The van der Waals surface area contributed by atoms with Crippen LogP contribution in [0.1, 0.15) is 12.5 Å². The molecule has 0 atom stereocenters. The number of rotatable bonds is 3. The molecule has 0 bridgehead atoms. The van der Waals surface area contributed by atoms with E-state index in [0.29, 0.717) is 0 Å². The average molecular weight is 201 g/mol. The van der Waals surface area contributed by atoms with Crippen molar-refractivity contribution in [2.45, 2.75) is 13.5 Å². The van der Waals surface area contributed by atoms with Gasteiger partial charge in [0, 0.05) is 18.9 Å². The summed E-state index contributed by atoms with van der Waals surface area (Å²) in [7, 11) is 2.11. The molecular formula is C12H15N3. The fourth-order valence-corrected chi connectivity index (χ4v) is 1.53. The second kappa shape index (κ2) is 4.36. The topological polar surface area (TPSA) is 29.0 Å². The molecule has 15 heavy (non-hydrogen) atoms. The van der Waals surface area contributed by atoms with E-state index in [0.717, 1.165) is 24.1 Å². The van der Waals surface area contributed by atoms with Gasteiger partial charge in [0.1, 0.15) is 0 Å². The van der Waals surface area contributed by atoms with Crippen LogP contribution in [0.3, 0.4) is 0 Å². The van der Waals surface area contributed by atoms with Crippen LogP contribution in [0.4, 0.5) is 0 Å². The number of fused-ring (bicyclic) bond motifs is 1. The van der Waals surface area contributed by atoms with Crippen molar-refractivity contribution in [2.24, 2.45) is 0 Å². The number of nitrogens with zero attached hydrogens (tertiary/aromatic N) is 3. The third-order valence-corrected chi connectivity index (χ3v) is 2.53. The maximum atomic E-state index is 4.29. The van der Waals surface area contributed by atoms with E-state index in [-0.39, 0.29) is 0 Å². The Labute approximate surface area is 89.8 Å². The molecule has 3 nitrogen and oxygen atoms in total. The Hall–Kier alpha value is -1.48. The smallest absolute Gasteiger partial charge is 0.0890 e. The lowest BCUT2D eigenvalue weighted by Crippen LogP contribution is -2.16. The van der Waals surface area contributed by atoms with Gasteiger partial charge in [0.05, 0.1) is 11.0 Å². The quantitative estimate of drug-likeness (QED) is 0.761. The largest absolute Gasteiger partial charge is 0.302 e. The van der Waals surface area contributed by atoms with Gasteiger partial charge in [-0.2, -0.15) is 0 Å². The summed E-state index contributed by atoms with van der Waals surface area (Å²) in [5.41, 5.74) is 3.22. The first kappa shape index (κ1) is 10.1. The normalized spacial score (nSPS) is 11.1. The Balaban J connectivity index is 2.30. The van der Waals surface area contributed by atoms with Crippen LogP contribution in [-0.4, -0.2) is 28.5 Å². The van der Waals surface area contributed by atoms with Gasteiger partial charge in [0.25, 0.3) is 0 Å². The van der Waals surface area contributed by atoms with Crippen molar-refractivity contribution >= 4 is 11.0 Å². The molecule has 1 heterocycles. The highest BCUT2D eigenvalue weighted by Crippen LogP contribution is 2.11. The molecule has 0 saturated heterocycles. The van der Waals surface area contributed by atoms with E-state index in [9.17, 15) is 0 Å². The molecule has 0 N–H and O–H groups in total. The van der Waals surface area contributed by atoms with Crippen LogP contribution in [0.15, 0.2) is 30.6 Å². The van der Waals surface area contributed by atoms with Gasteiger partial charge in [-0.15, -0.1) is 0 Å². The molecule has 0 amide bonds. The van der Waals surface area contributed by atoms with Crippen molar-refractivity contribution in [2.75, 3.05) is 13.6 Å². The number of aromatic nitrogens is 2. The van der Waals surface area contributed by atoms with Gasteiger partial charge < -0.3 is 4.90 Å². The molecule has 0 fully saturated rings. The molecule has 0 aliphatic heterocycles. The molecule has 0 saturated carbocycles. The molecular weight excluding hydrogens is 186 g/mol. The maximum absolute atomic E-state index is 4.29. The molecule has 1 aromatic heterocycles. The highest BCUT2D eigenvalue weighted by molar-refractivity contribution is 5.74. The van der Waals surface area contributed by atoms with Crippen LogP contribution < -0.4 is 0 Å². The summed E-state index contributed by atoms with van der Waals surface area (Å²) in [5, 5.41) is 0. The zero-order chi connectivity index (χ0) is 10.7. The molecule has 0 spiro atoms. The van der Waals surface area contributed by atoms with Crippen molar-refractivity contribution in [3.63, 3.8) is 0 Å². The van der Waals surface area contributed by atoms with Crippen molar-refractivity contribution in [1.29, 1.82) is 0 Å². The van der Waals surface area contributed by atoms with Crippen LogP contribution in [0.25, 0.3) is 11.0 Å². The Morgan fingerprint density at radius 3 is 2.60 bits per heavy atom. The first-order chi connectivity index (χ1) is 7.29. The van der Waals surface area contributed by atoms with Crippen molar-refractivity contribution in [3.05, 3.63) is 36.2 Å². The minimum atomic E-state index is 0.959. The van der Waals surface area contributed by atoms with Gasteiger partial charge >= 0.3 is 0 Å². The van der Waals surface area contributed by atoms with E-state index in [1.165, 1.54) is 5.56 Å². The summed E-state index contributed by atoms with van der Waals surface area (Å²) in [5.74, 6) is 0. The van der Waals surface area contributed by atoms with Crippen LogP contribution in [0.2, 0.25) is 0 Å². The van der Waals surface area contributed by atoms with Crippen molar-refractivity contribution in [3.8, 4) is 0 Å². The molecule has 2 aromatic rings. The Kier molecular flexibility index (Phi) is 2.92. The molecule has 1 aromatic carbocycles. The Bertz CT molecular complexity index is 453. The Morgan fingerprint density at radius 2 is 1.87 bits per heavy atom. The van der Waals surface area contributed by atoms with Crippen LogP contribution in [-0.2, 0) is 6.54 Å². The number of benzene rings is 1. The number of hydrogen-bond acceptors (Lipinski definition) is 3. The molecule has 0 aliphatic carbocycles. The third kappa shape index (κ3) is 2.30. The van der Waals surface area contributed by atoms with E-state index < -0.39 is 0 Å². The minimum absolute atomic E-state index is 0.959. The molecule has 0 radical (unpaired) electrons. The van der Waals surface area contributed by atoms with Crippen LogP contribution in [0.5, 0.6) is 0 Å². The predicted octanol–water partition coefficient (Wildman–Crippen LogP) is 2.08. The molecule has 0 unspecified atom stereocenters. The monoisotopic (exact) mass is 201 g/mol. The van der Waals surface area contributed by atoms with Gasteiger partial charge in [-0.05, 0) is 31.3 Å². The second-order valence-electron chi connectivity index (χ2n) is 3.71. The zero-order valence-corrected chi connectivity index (χ0v) is 9.14. The molecule has 78 valence electrons. The van der Waals surface area contributed by atoms with E-state index in [4.69, 9.17) is 0 Å². The van der Waals surface area contributed by atoms with E-state index >= 15 is 0 Å². The van der Waals surface area contributed by atoms with Crippen LogP contribution >= 0.6 is 0 Å².